The van der Waals surface area contributed by atoms with Crippen LogP contribution in [0.3, 0.4) is 0 Å². The van der Waals surface area contributed by atoms with E-state index < -0.39 is 0 Å². The Morgan fingerprint density at radius 3 is 1.81 bits per heavy atom. The van der Waals surface area contributed by atoms with Gasteiger partial charge in [0, 0.05) is 32.8 Å². The summed E-state index contributed by atoms with van der Waals surface area (Å²) in [5.74, 6) is 1.68. The zero-order valence-corrected chi connectivity index (χ0v) is 34.0. The molecule has 0 spiro atoms. The molecule has 0 aliphatic heterocycles. The van der Waals surface area contributed by atoms with Gasteiger partial charge in [-0.2, -0.15) is 9.97 Å². The van der Waals surface area contributed by atoms with E-state index in [1.54, 1.807) is 11.3 Å². The molecule has 290 valence electrons. The first-order valence-corrected chi connectivity index (χ1v) is 21.6. The zero-order valence-electron chi connectivity index (χ0n) is 33.1. The van der Waals surface area contributed by atoms with Crippen molar-refractivity contribution in [3.63, 3.8) is 0 Å². The maximum Gasteiger partial charge on any atom is 0.238 e. The van der Waals surface area contributed by atoms with Gasteiger partial charge in [-0.25, -0.2) is 19.9 Å². The highest BCUT2D eigenvalue weighted by molar-refractivity contribution is 7.18. The van der Waals surface area contributed by atoms with Gasteiger partial charge in [-0.15, -0.1) is 11.3 Å². The second-order valence-electron chi connectivity index (χ2n) is 15.8. The van der Waals surface area contributed by atoms with Gasteiger partial charge in [0.1, 0.15) is 16.4 Å². The Hall–Kier alpha value is -7.94. The summed E-state index contributed by atoms with van der Waals surface area (Å²) in [6.07, 6.45) is 7.90. The summed E-state index contributed by atoms with van der Waals surface area (Å²) in [5.41, 5.74) is 8.56. The van der Waals surface area contributed by atoms with Crippen LogP contribution in [0.5, 0.6) is 0 Å². The van der Waals surface area contributed by atoms with E-state index in [-0.39, 0.29) is 5.92 Å². The number of aromatic nitrogens is 7. The highest BCUT2D eigenvalue weighted by Crippen LogP contribution is 2.44. The summed E-state index contributed by atoms with van der Waals surface area (Å²) in [7, 11) is 0. The van der Waals surface area contributed by atoms with Gasteiger partial charge >= 0.3 is 0 Å². The molecule has 1 aliphatic carbocycles. The molecule has 0 fully saturated rings. The van der Waals surface area contributed by atoms with Crippen LogP contribution in [0.1, 0.15) is 22.9 Å². The fourth-order valence-electron chi connectivity index (χ4n) is 9.21. The van der Waals surface area contributed by atoms with Gasteiger partial charge in [0.15, 0.2) is 11.6 Å². The van der Waals surface area contributed by atoms with E-state index in [0.29, 0.717) is 29.0 Å². The van der Waals surface area contributed by atoms with Crippen molar-refractivity contribution < 1.29 is 0 Å². The van der Waals surface area contributed by atoms with Crippen LogP contribution < -0.4 is 0 Å². The van der Waals surface area contributed by atoms with Crippen molar-refractivity contribution in [3.8, 4) is 29.0 Å². The van der Waals surface area contributed by atoms with Crippen LogP contribution >= 0.6 is 11.3 Å². The number of thiazole rings is 1. The third-order valence-electron chi connectivity index (χ3n) is 12.2. The lowest BCUT2D eigenvalue weighted by Gasteiger charge is -2.17. The minimum atomic E-state index is 0.235. The van der Waals surface area contributed by atoms with Gasteiger partial charge in [-0.05, 0) is 82.2 Å². The minimum absolute atomic E-state index is 0.235. The molecule has 0 saturated heterocycles. The van der Waals surface area contributed by atoms with Gasteiger partial charge in [0.25, 0.3) is 0 Å². The number of rotatable bonds is 5. The number of benzene rings is 7. The van der Waals surface area contributed by atoms with E-state index in [4.69, 9.17) is 29.9 Å². The molecule has 5 heterocycles. The number of pyridine rings is 2. The van der Waals surface area contributed by atoms with Gasteiger partial charge in [-0.1, -0.05) is 133 Å². The summed E-state index contributed by atoms with van der Waals surface area (Å²) >= 11 is 1.79. The molecule has 0 N–H and O–H groups in total. The molecule has 0 bridgehead atoms. The minimum Gasteiger partial charge on any atom is -0.277 e. The van der Waals surface area contributed by atoms with Crippen LogP contribution in [-0.4, -0.2) is 34.5 Å². The summed E-state index contributed by atoms with van der Waals surface area (Å²) in [6, 6.07) is 56.9. The normalized spacial score (nSPS) is 14.3. The van der Waals surface area contributed by atoms with Crippen molar-refractivity contribution in [3.05, 3.63) is 193 Å². The van der Waals surface area contributed by atoms with Crippen LogP contribution in [0.4, 0.5) is 0 Å². The van der Waals surface area contributed by atoms with E-state index in [1.807, 2.05) is 48.5 Å². The summed E-state index contributed by atoms with van der Waals surface area (Å²) in [5, 5.41) is 10.1. The molecule has 0 radical (unpaired) electrons. The number of para-hydroxylation sites is 3. The van der Waals surface area contributed by atoms with Crippen molar-refractivity contribution in [2.45, 2.75) is 12.3 Å². The maximum absolute atomic E-state index is 5.32. The van der Waals surface area contributed by atoms with Gasteiger partial charge in [0.2, 0.25) is 5.95 Å². The summed E-state index contributed by atoms with van der Waals surface area (Å²) in [4.78, 5) is 30.9. The molecule has 13 rings (SSSR count). The molecule has 7 aromatic carbocycles. The standard InChI is InChI=1S/C54H33N7S/c1-4-14-37-32(11-1)27-30-47-49(37)41-31-40(33-21-23-36(24-22-33)53-57-44-19-9-10-20-48(44)62-53)38-15-5-6-16-39(38)50(41)61(47)54-59-51(45-28-25-34-12-2-7-17-42(34)55-45)58-52(60-54)46-29-26-35-13-3-8-18-43(35)56-46/h1-23,25-31,36H,24H2. The molecule has 7 nitrogen and oxygen atoms in total. The van der Waals surface area contributed by atoms with Gasteiger partial charge < -0.3 is 0 Å². The second kappa shape index (κ2) is 13.8. The third-order valence-corrected chi connectivity index (χ3v) is 13.3. The van der Waals surface area contributed by atoms with Crippen molar-refractivity contribution in [2.75, 3.05) is 0 Å². The highest BCUT2D eigenvalue weighted by atomic mass is 32.1. The lowest BCUT2D eigenvalue weighted by atomic mass is 9.89. The predicted molar refractivity (Wildman–Crippen MR) is 255 cm³/mol. The maximum atomic E-state index is 5.32. The first kappa shape index (κ1) is 34.9. The Balaban J connectivity index is 1.06. The Morgan fingerprint density at radius 1 is 0.500 bits per heavy atom. The number of hydrogen-bond donors (Lipinski definition) is 0. The number of nitrogens with zero attached hydrogens (tertiary/aromatic N) is 7. The van der Waals surface area contributed by atoms with Crippen LogP contribution in [-0.2, 0) is 0 Å². The van der Waals surface area contributed by atoms with Crippen molar-refractivity contribution >= 4 is 92.3 Å². The number of hydrogen-bond acceptors (Lipinski definition) is 7. The Bertz CT molecular complexity index is 3750. The van der Waals surface area contributed by atoms with Crippen LogP contribution in [0.2, 0.25) is 0 Å². The predicted octanol–water partition coefficient (Wildman–Crippen LogP) is 13.4. The molecule has 1 unspecified atom stereocenters. The Kier molecular flexibility index (Phi) is 7.77. The topological polar surface area (TPSA) is 82.3 Å². The average Bonchev–Trinajstić information content (AvgIpc) is 3.93. The lowest BCUT2D eigenvalue weighted by molar-refractivity contribution is 0.848. The Morgan fingerprint density at radius 2 is 1.11 bits per heavy atom. The first-order chi connectivity index (χ1) is 30.7. The SMILES string of the molecule is C1=CC(c2nc3ccccc3s2)CC=C1c1cc2c3c4ccccc4ccc3n(-c3nc(-c4ccc5ccccc5n4)nc(-c4ccc5ccccc5n4)n3)c2c2ccccc12. The molecule has 0 saturated carbocycles. The molecular weight excluding hydrogens is 779 g/mol. The molecule has 1 aliphatic rings. The van der Waals surface area contributed by atoms with Crippen molar-refractivity contribution in [1.29, 1.82) is 0 Å². The quantitative estimate of drug-likeness (QED) is 0.172. The van der Waals surface area contributed by atoms with E-state index in [0.717, 1.165) is 71.3 Å². The monoisotopic (exact) mass is 811 g/mol. The number of allylic oxidation sites excluding steroid dienone is 4. The summed E-state index contributed by atoms with van der Waals surface area (Å²) < 4.78 is 3.46. The molecule has 5 aromatic heterocycles. The van der Waals surface area contributed by atoms with Crippen molar-refractivity contribution in [1.82, 2.24) is 34.5 Å². The average molecular weight is 812 g/mol. The van der Waals surface area contributed by atoms with E-state index in [9.17, 15) is 0 Å². The van der Waals surface area contributed by atoms with Crippen LogP contribution in [0, 0.1) is 0 Å². The third kappa shape index (κ3) is 5.57. The summed E-state index contributed by atoms with van der Waals surface area (Å²) in [6.45, 7) is 0. The highest BCUT2D eigenvalue weighted by Gasteiger charge is 2.24. The molecule has 1 atom stereocenters. The zero-order chi connectivity index (χ0) is 40.7. The largest absolute Gasteiger partial charge is 0.277 e. The van der Waals surface area contributed by atoms with Gasteiger partial charge in [-0.3, -0.25) is 4.57 Å². The van der Waals surface area contributed by atoms with Crippen molar-refractivity contribution in [2.24, 2.45) is 0 Å². The molecular formula is C54H33N7S. The molecule has 8 heteroatoms. The fraction of sp³-hybridized carbons (Fsp3) is 0.0370. The fourth-order valence-corrected chi connectivity index (χ4v) is 10.3. The van der Waals surface area contributed by atoms with E-state index in [2.05, 4.69) is 138 Å². The smallest absolute Gasteiger partial charge is 0.238 e. The van der Waals surface area contributed by atoms with E-state index in [1.165, 1.54) is 26.6 Å². The molecule has 12 aromatic rings. The van der Waals surface area contributed by atoms with Crippen LogP contribution in [0.15, 0.2) is 182 Å². The molecule has 62 heavy (non-hydrogen) atoms. The van der Waals surface area contributed by atoms with Gasteiger partial charge in [0.05, 0.1) is 32.3 Å². The molecule has 0 amide bonds. The number of fused-ring (bicyclic) bond motifs is 10. The lowest BCUT2D eigenvalue weighted by Crippen LogP contribution is -2.08. The first-order valence-electron chi connectivity index (χ1n) is 20.8. The van der Waals surface area contributed by atoms with Crippen LogP contribution in [0.25, 0.3) is 110 Å². The van der Waals surface area contributed by atoms with E-state index >= 15 is 0 Å². The second-order valence-corrected chi connectivity index (χ2v) is 16.9. The Labute approximate surface area is 359 Å².